The predicted octanol–water partition coefficient (Wildman–Crippen LogP) is -0.129. The Kier molecular flexibility index (Phi) is 8.75. The van der Waals surface area contributed by atoms with Crippen molar-refractivity contribution in [3.63, 3.8) is 0 Å². The average Bonchev–Trinajstić information content (AvgIpc) is 2.14. The van der Waals surface area contributed by atoms with Crippen LogP contribution >= 0.6 is 0 Å². The minimum atomic E-state index is 0.396. The van der Waals surface area contributed by atoms with Gasteiger partial charge in [0, 0.05) is 0 Å². The van der Waals surface area contributed by atoms with Gasteiger partial charge in [0.2, 0.25) is 0 Å². The summed E-state index contributed by atoms with van der Waals surface area (Å²) >= 11 is 0. The second-order valence-electron chi connectivity index (χ2n) is 3.35. The van der Waals surface area contributed by atoms with Gasteiger partial charge in [0.1, 0.15) is 6.29 Å². The Labute approximate surface area is 85.8 Å². The summed E-state index contributed by atoms with van der Waals surface area (Å²) in [5.41, 5.74) is 0. The van der Waals surface area contributed by atoms with Crippen LogP contribution in [0.1, 0.15) is 33.6 Å². The third-order valence-corrected chi connectivity index (χ3v) is 3.06. The summed E-state index contributed by atoms with van der Waals surface area (Å²) in [7, 11) is 1.12. The summed E-state index contributed by atoms with van der Waals surface area (Å²) in [6, 6.07) is 0. The smallest absolute Gasteiger partial charge is 0.107 e. The van der Waals surface area contributed by atoms with Crippen LogP contribution in [0.25, 0.3) is 0 Å². The van der Waals surface area contributed by atoms with Gasteiger partial charge in [-0.3, -0.25) is 10.6 Å². The van der Waals surface area contributed by atoms with Gasteiger partial charge in [0.15, 0.2) is 0 Å². The Morgan fingerprint density at radius 2 is 1.69 bits per heavy atom. The van der Waals surface area contributed by atoms with Crippen LogP contribution in [-0.2, 0) is 0 Å². The lowest BCUT2D eigenvalue weighted by Gasteiger charge is -2.29. The molecule has 0 unspecified atom stereocenters. The number of nitrogens with one attached hydrogen (secondary N) is 2. The second-order valence-corrected chi connectivity index (χ2v) is 4.50. The molecule has 0 rings (SSSR count). The molecule has 3 nitrogen and oxygen atoms in total. The van der Waals surface area contributed by atoms with Gasteiger partial charge < -0.3 is 4.57 Å². The summed E-state index contributed by atoms with van der Waals surface area (Å²) in [6.07, 6.45) is 2.98. The van der Waals surface area contributed by atoms with Gasteiger partial charge >= 0.3 is 0 Å². The summed E-state index contributed by atoms with van der Waals surface area (Å²) in [5, 5.41) is 6.88. The van der Waals surface area contributed by atoms with E-state index in [1.807, 2.05) is 0 Å². The first-order valence-corrected chi connectivity index (χ1v) is 6.32. The molecule has 0 saturated heterocycles. The number of unbranched alkanes of at least 4 members (excludes halogenated alkanes) is 1. The monoisotopic (exact) mass is 203 g/mol. The van der Waals surface area contributed by atoms with Crippen LogP contribution in [0.4, 0.5) is 0 Å². The van der Waals surface area contributed by atoms with E-state index in [0.717, 1.165) is 23.5 Å². The highest BCUT2D eigenvalue weighted by molar-refractivity contribution is 6.04. The molecule has 0 aromatic carbocycles. The minimum absolute atomic E-state index is 0.396. The molecule has 0 bridgehead atoms. The maximum Gasteiger partial charge on any atom is 0.107 e. The van der Waals surface area contributed by atoms with Crippen molar-refractivity contribution in [1.82, 2.24) is 15.2 Å². The molecule has 4 heteroatoms. The van der Waals surface area contributed by atoms with Crippen molar-refractivity contribution in [1.29, 1.82) is 0 Å². The second kappa shape index (κ2) is 8.68. The Hall–Kier alpha value is 0.0969. The number of hydrogen-bond donors (Lipinski definition) is 2. The molecule has 0 aliphatic rings. The first-order chi connectivity index (χ1) is 6.26. The van der Waals surface area contributed by atoms with Gasteiger partial charge in [-0.05, 0) is 26.1 Å². The van der Waals surface area contributed by atoms with Crippen molar-refractivity contribution in [2.45, 2.75) is 39.9 Å². The third kappa shape index (κ3) is 6.21. The van der Waals surface area contributed by atoms with E-state index in [-0.39, 0.29) is 0 Å². The van der Waals surface area contributed by atoms with Crippen LogP contribution in [0.2, 0.25) is 0 Å². The zero-order valence-electron chi connectivity index (χ0n) is 9.56. The molecule has 0 aromatic heterocycles. The van der Waals surface area contributed by atoms with E-state index in [9.17, 15) is 0 Å². The molecule has 2 N–H and O–H groups in total. The number of nitrogens with zero attached hydrogens (tertiary/aromatic N) is 1. The molecule has 0 spiro atoms. The Balaban J connectivity index is 3.72. The zero-order chi connectivity index (χ0) is 10.1. The van der Waals surface area contributed by atoms with Gasteiger partial charge in [-0.15, -0.1) is 0 Å². The SMILES string of the molecule is CCCCN([SiH3])C(NCC)NCC. The molecule has 0 aliphatic heterocycles. The van der Waals surface area contributed by atoms with Crippen LogP contribution in [0.5, 0.6) is 0 Å². The van der Waals surface area contributed by atoms with Crippen molar-refractivity contribution in [2.24, 2.45) is 0 Å². The van der Waals surface area contributed by atoms with Crippen LogP contribution in [0.3, 0.4) is 0 Å². The van der Waals surface area contributed by atoms with Gasteiger partial charge in [-0.25, -0.2) is 0 Å². The Bertz CT molecular complexity index is 105. The molecule has 0 fully saturated rings. The average molecular weight is 203 g/mol. The standard InChI is InChI=1S/C9H25N3Si/c1-4-7-8-12(13)9(10-5-2)11-6-3/h9-11H,4-8H2,1-3,13H3. The van der Waals surface area contributed by atoms with E-state index in [0.29, 0.717) is 6.29 Å². The van der Waals surface area contributed by atoms with Crippen LogP contribution in [-0.4, -0.2) is 40.9 Å². The van der Waals surface area contributed by atoms with Crippen LogP contribution < -0.4 is 10.6 Å². The highest BCUT2D eigenvalue weighted by Crippen LogP contribution is 1.93. The quantitative estimate of drug-likeness (QED) is 0.425. The fourth-order valence-corrected chi connectivity index (χ4v) is 1.99. The summed E-state index contributed by atoms with van der Waals surface area (Å²) in [6.45, 7) is 9.82. The highest BCUT2D eigenvalue weighted by Gasteiger charge is 2.09. The van der Waals surface area contributed by atoms with E-state index in [1.165, 1.54) is 19.4 Å². The van der Waals surface area contributed by atoms with Crippen molar-refractivity contribution in [3.05, 3.63) is 0 Å². The van der Waals surface area contributed by atoms with Crippen molar-refractivity contribution in [2.75, 3.05) is 19.6 Å². The molecular formula is C9H25N3Si. The van der Waals surface area contributed by atoms with Crippen molar-refractivity contribution >= 4 is 10.4 Å². The molecule has 0 heterocycles. The maximum absolute atomic E-state index is 3.44. The third-order valence-electron chi connectivity index (χ3n) is 2.10. The van der Waals surface area contributed by atoms with Crippen LogP contribution in [0, 0.1) is 0 Å². The van der Waals surface area contributed by atoms with Crippen LogP contribution in [0.15, 0.2) is 0 Å². The molecular weight excluding hydrogens is 178 g/mol. The maximum atomic E-state index is 3.44. The number of hydrogen-bond acceptors (Lipinski definition) is 3. The van der Waals surface area contributed by atoms with E-state index < -0.39 is 0 Å². The molecule has 0 saturated carbocycles. The first kappa shape index (κ1) is 13.1. The largest absolute Gasteiger partial charge is 0.306 e. The highest BCUT2D eigenvalue weighted by atomic mass is 28.2. The fourth-order valence-electron chi connectivity index (χ4n) is 1.31. The van der Waals surface area contributed by atoms with E-state index in [2.05, 4.69) is 36.0 Å². The lowest BCUT2D eigenvalue weighted by molar-refractivity contribution is 0.241. The van der Waals surface area contributed by atoms with E-state index in [1.54, 1.807) is 0 Å². The summed E-state index contributed by atoms with van der Waals surface area (Å²) < 4.78 is 2.47. The minimum Gasteiger partial charge on any atom is -0.306 e. The number of rotatable bonds is 8. The molecule has 0 atom stereocenters. The topological polar surface area (TPSA) is 27.3 Å². The van der Waals surface area contributed by atoms with E-state index in [4.69, 9.17) is 0 Å². The molecule has 80 valence electrons. The van der Waals surface area contributed by atoms with Crippen molar-refractivity contribution in [3.8, 4) is 0 Å². The van der Waals surface area contributed by atoms with Gasteiger partial charge in [-0.1, -0.05) is 27.2 Å². The predicted molar refractivity (Wildman–Crippen MR) is 62.7 cm³/mol. The Morgan fingerprint density at radius 3 is 2.08 bits per heavy atom. The normalized spacial score (nSPS) is 11.8. The molecule has 0 aromatic rings. The lowest BCUT2D eigenvalue weighted by Crippen LogP contribution is -2.54. The zero-order valence-corrected chi connectivity index (χ0v) is 11.6. The van der Waals surface area contributed by atoms with Gasteiger partial charge in [0.25, 0.3) is 0 Å². The molecule has 0 amide bonds. The molecule has 13 heavy (non-hydrogen) atoms. The van der Waals surface area contributed by atoms with Gasteiger partial charge in [-0.2, -0.15) is 0 Å². The summed E-state index contributed by atoms with van der Waals surface area (Å²) in [5.74, 6) is 0. The molecule has 0 radical (unpaired) electrons. The Morgan fingerprint density at radius 1 is 1.15 bits per heavy atom. The van der Waals surface area contributed by atoms with Crippen molar-refractivity contribution < 1.29 is 0 Å². The first-order valence-electron chi connectivity index (χ1n) is 5.43. The van der Waals surface area contributed by atoms with Gasteiger partial charge in [0.05, 0.1) is 10.4 Å². The lowest BCUT2D eigenvalue weighted by atomic mass is 10.3. The summed E-state index contributed by atoms with van der Waals surface area (Å²) in [4.78, 5) is 0. The van der Waals surface area contributed by atoms with E-state index >= 15 is 0 Å². The molecule has 0 aliphatic carbocycles. The fraction of sp³-hybridized carbons (Fsp3) is 1.00.